The quantitative estimate of drug-likeness (QED) is 0.664. The second kappa shape index (κ2) is 5.85. The molecule has 29 heavy (non-hydrogen) atoms. The fourth-order valence-electron chi connectivity index (χ4n) is 5.05. The molecule has 6 rings (SSSR count). The van der Waals surface area contributed by atoms with Crippen LogP contribution < -0.4 is 10.6 Å². The maximum atomic E-state index is 5.13. The van der Waals surface area contributed by atoms with Gasteiger partial charge in [-0.3, -0.25) is 4.99 Å². The van der Waals surface area contributed by atoms with Crippen molar-refractivity contribution < 1.29 is 0 Å². The lowest BCUT2D eigenvalue weighted by molar-refractivity contribution is 0.562. The number of hydrogen-bond donors (Lipinski definition) is 3. The molecule has 1 aromatic heterocycles. The second-order valence-electron chi connectivity index (χ2n) is 9.67. The van der Waals surface area contributed by atoms with E-state index in [1.807, 2.05) is 0 Å². The van der Waals surface area contributed by atoms with Crippen LogP contribution in [0.1, 0.15) is 69.7 Å². The van der Waals surface area contributed by atoms with Crippen LogP contribution in [0.5, 0.6) is 0 Å². The fraction of sp³-hybridized carbons (Fsp3) is 0.480. The highest BCUT2D eigenvalue weighted by molar-refractivity contribution is 6.09. The Morgan fingerprint density at radius 2 is 2.00 bits per heavy atom. The van der Waals surface area contributed by atoms with Crippen molar-refractivity contribution in [2.45, 2.75) is 76.5 Å². The normalized spacial score (nSPS) is 26.5. The molecule has 0 radical (unpaired) electrons. The Labute approximate surface area is 172 Å². The van der Waals surface area contributed by atoms with Gasteiger partial charge in [0.05, 0.1) is 22.8 Å². The summed E-state index contributed by atoms with van der Waals surface area (Å²) in [6.07, 6.45) is 8.29. The standard InChI is InChI=1S/C25H30N4/c1-4-16-12-20(29-24(3)8-9-24)15(2)27-19-7-5-6-18(22(16)19)21-13-17-14-26-25(10-11-25)23(17)28-21/h5-7,12-13,15,26-28H,4,8-11,14H2,1-3H3. The van der Waals surface area contributed by atoms with Crippen molar-refractivity contribution in [2.24, 2.45) is 4.99 Å². The summed E-state index contributed by atoms with van der Waals surface area (Å²) in [6, 6.07) is 9.27. The number of rotatable bonds is 3. The lowest BCUT2D eigenvalue weighted by atomic mass is 9.93. The molecule has 0 saturated heterocycles. The van der Waals surface area contributed by atoms with E-state index >= 15 is 0 Å². The summed E-state index contributed by atoms with van der Waals surface area (Å²) in [4.78, 5) is 8.93. The van der Waals surface area contributed by atoms with Crippen LogP contribution in [0, 0.1) is 0 Å². The molecule has 2 fully saturated rings. The molecule has 3 heterocycles. The van der Waals surface area contributed by atoms with Gasteiger partial charge in [0.1, 0.15) is 0 Å². The minimum absolute atomic E-state index is 0.159. The van der Waals surface area contributed by atoms with Crippen LogP contribution in [0.25, 0.3) is 16.8 Å². The summed E-state index contributed by atoms with van der Waals surface area (Å²) in [6.45, 7) is 7.76. The molecular formula is C25H30N4. The SMILES string of the molecule is CCC1=CC(=NC2(C)CC2)C(C)Nc2cccc(-c3cc4c([nH]3)C3(CC3)NC4)c21. The Hall–Kier alpha value is -2.33. The first kappa shape index (κ1) is 17.5. The monoisotopic (exact) mass is 386 g/mol. The Morgan fingerprint density at radius 1 is 1.17 bits per heavy atom. The lowest BCUT2D eigenvalue weighted by Gasteiger charge is -2.18. The Morgan fingerprint density at radius 3 is 2.72 bits per heavy atom. The smallest absolute Gasteiger partial charge is 0.0653 e. The zero-order valence-electron chi connectivity index (χ0n) is 17.7. The fourth-order valence-corrected chi connectivity index (χ4v) is 5.05. The second-order valence-corrected chi connectivity index (χ2v) is 9.67. The van der Waals surface area contributed by atoms with E-state index in [9.17, 15) is 0 Å². The number of benzene rings is 1. The van der Waals surface area contributed by atoms with Gasteiger partial charge in [0.25, 0.3) is 0 Å². The summed E-state index contributed by atoms with van der Waals surface area (Å²) in [7, 11) is 0. The van der Waals surface area contributed by atoms with Crippen molar-refractivity contribution in [3.8, 4) is 11.3 Å². The molecule has 1 unspecified atom stereocenters. The van der Waals surface area contributed by atoms with E-state index < -0.39 is 0 Å². The average Bonchev–Trinajstić information content (AvgIpc) is 3.58. The van der Waals surface area contributed by atoms with E-state index in [1.54, 1.807) is 0 Å². The molecule has 1 atom stereocenters. The van der Waals surface area contributed by atoms with Gasteiger partial charge in [-0.15, -0.1) is 0 Å². The lowest BCUT2D eigenvalue weighted by Crippen LogP contribution is -2.25. The molecule has 4 heteroatoms. The molecule has 3 N–H and O–H groups in total. The highest BCUT2D eigenvalue weighted by Gasteiger charge is 2.50. The highest BCUT2D eigenvalue weighted by Crippen LogP contribution is 2.51. The van der Waals surface area contributed by atoms with Crippen LogP contribution in [0.15, 0.2) is 35.3 Å². The number of aromatic amines is 1. The first-order chi connectivity index (χ1) is 14.0. The van der Waals surface area contributed by atoms with E-state index in [2.05, 4.69) is 66.7 Å². The number of nitrogens with one attached hydrogen (secondary N) is 3. The molecule has 0 amide bonds. The number of aromatic nitrogens is 1. The number of nitrogens with zero attached hydrogens (tertiary/aromatic N) is 1. The van der Waals surface area contributed by atoms with Crippen molar-refractivity contribution in [3.05, 3.63) is 47.2 Å². The predicted octanol–water partition coefficient (Wildman–Crippen LogP) is 5.37. The maximum absolute atomic E-state index is 5.13. The van der Waals surface area contributed by atoms with Gasteiger partial charge in [-0.05, 0) is 75.3 Å². The van der Waals surface area contributed by atoms with Crippen LogP contribution in [-0.2, 0) is 12.1 Å². The topological polar surface area (TPSA) is 52.2 Å². The van der Waals surface area contributed by atoms with E-state index in [0.717, 1.165) is 13.0 Å². The number of allylic oxidation sites excluding steroid dienone is 1. The van der Waals surface area contributed by atoms with Gasteiger partial charge >= 0.3 is 0 Å². The third-order valence-electron chi connectivity index (χ3n) is 7.31. The minimum Gasteiger partial charge on any atom is -0.376 e. The number of H-pyrrole nitrogens is 1. The number of hydrogen-bond acceptors (Lipinski definition) is 3. The van der Waals surface area contributed by atoms with Gasteiger partial charge in [0, 0.05) is 34.7 Å². The predicted molar refractivity (Wildman–Crippen MR) is 120 cm³/mol. The molecule has 2 aliphatic carbocycles. The minimum atomic E-state index is 0.159. The number of fused-ring (bicyclic) bond motifs is 3. The van der Waals surface area contributed by atoms with Gasteiger partial charge in [-0.25, -0.2) is 0 Å². The van der Waals surface area contributed by atoms with Gasteiger partial charge in [0.2, 0.25) is 0 Å². The Bertz CT molecular complexity index is 1060. The van der Waals surface area contributed by atoms with E-state index in [4.69, 9.17) is 4.99 Å². The van der Waals surface area contributed by atoms with Crippen LogP contribution in [-0.4, -0.2) is 22.3 Å². The molecular weight excluding hydrogens is 356 g/mol. The third kappa shape index (κ3) is 2.72. The van der Waals surface area contributed by atoms with Gasteiger partial charge < -0.3 is 15.6 Å². The molecule has 2 aliphatic heterocycles. The third-order valence-corrected chi connectivity index (χ3v) is 7.31. The van der Waals surface area contributed by atoms with E-state index in [1.165, 1.54) is 70.7 Å². The summed E-state index contributed by atoms with van der Waals surface area (Å²) < 4.78 is 0. The molecule has 1 spiro atoms. The van der Waals surface area contributed by atoms with Crippen molar-refractivity contribution >= 4 is 17.0 Å². The number of anilines is 1. The summed E-state index contributed by atoms with van der Waals surface area (Å²) in [5.41, 5.74) is 11.0. The maximum Gasteiger partial charge on any atom is 0.0653 e. The number of aliphatic imine (C=N–C) groups is 1. The van der Waals surface area contributed by atoms with E-state index in [-0.39, 0.29) is 17.1 Å². The first-order valence-corrected chi connectivity index (χ1v) is 11.2. The van der Waals surface area contributed by atoms with Gasteiger partial charge in [0.15, 0.2) is 0 Å². The Balaban J connectivity index is 1.48. The molecule has 2 saturated carbocycles. The molecule has 4 aliphatic rings. The zero-order chi connectivity index (χ0) is 19.8. The van der Waals surface area contributed by atoms with Crippen LogP contribution in [0.2, 0.25) is 0 Å². The van der Waals surface area contributed by atoms with Crippen LogP contribution in [0.4, 0.5) is 5.69 Å². The summed E-state index contributed by atoms with van der Waals surface area (Å²) in [5.74, 6) is 0. The first-order valence-electron chi connectivity index (χ1n) is 11.2. The van der Waals surface area contributed by atoms with Gasteiger partial charge in [-0.1, -0.05) is 19.1 Å². The van der Waals surface area contributed by atoms with Crippen LogP contribution in [0.3, 0.4) is 0 Å². The molecule has 0 bridgehead atoms. The highest BCUT2D eigenvalue weighted by atomic mass is 15.1. The zero-order valence-corrected chi connectivity index (χ0v) is 17.7. The largest absolute Gasteiger partial charge is 0.376 e. The molecule has 150 valence electrons. The van der Waals surface area contributed by atoms with Crippen LogP contribution >= 0.6 is 0 Å². The van der Waals surface area contributed by atoms with Crippen molar-refractivity contribution in [2.75, 3.05) is 5.32 Å². The average molecular weight is 387 g/mol. The Kier molecular flexibility index (Phi) is 3.54. The van der Waals surface area contributed by atoms with E-state index in [0.29, 0.717) is 0 Å². The van der Waals surface area contributed by atoms with Crippen molar-refractivity contribution in [3.63, 3.8) is 0 Å². The van der Waals surface area contributed by atoms with Gasteiger partial charge in [-0.2, -0.15) is 0 Å². The summed E-state index contributed by atoms with van der Waals surface area (Å²) >= 11 is 0. The summed E-state index contributed by atoms with van der Waals surface area (Å²) in [5, 5.41) is 7.46. The van der Waals surface area contributed by atoms with Crippen molar-refractivity contribution in [1.29, 1.82) is 0 Å². The molecule has 1 aromatic carbocycles. The molecule has 4 nitrogen and oxygen atoms in total. The molecule has 2 aromatic rings. The van der Waals surface area contributed by atoms with Crippen molar-refractivity contribution in [1.82, 2.24) is 10.3 Å².